The molecule has 1 atom stereocenters. The summed E-state index contributed by atoms with van der Waals surface area (Å²) >= 11 is 9.38. The molecule has 0 saturated heterocycles. The molecule has 0 aromatic heterocycles. The molecule has 0 nitrogen and oxygen atoms in total. The van der Waals surface area contributed by atoms with Crippen molar-refractivity contribution < 1.29 is 17.6 Å². The van der Waals surface area contributed by atoms with E-state index in [4.69, 9.17) is 11.6 Å². The average Bonchev–Trinajstić information content (AvgIpc) is 2.37. The fourth-order valence-electron chi connectivity index (χ4n) is 1.91. The van der Waals surface area contributed by atoms with Crippen LogP contribution in [0.5, 0.6) is 0 Å². The zero-order valence-corrected chi connectivity index (χ0v) is 12.9. The van der Waals surface area contributed by atoms with Gasteiger partial charge in [0.25, 0.3) is 0 Å². The van der Waals surface area contributed by atoms with E-state index in [2.05, 4.69) is 15.9 Å². The topological polar surface area (TPSA) is 0 Å². The van der Waals surface area contributed by atoms with E-state index in [1.165, 1.54) is 24.3 Å². The Bertz CT molecular complexity index is 602. The molecule has 2 rings (SSSR count). The molecule has 0 aliphatic carbocycles. The highest BCUT2D eigenvalue weighted by atomic mass is 79.9. The molecule has 2 aromatic carbocycles. The Morgan fingerprint density at radius 3 is 2.19 bits per heavy atom. The molecule has 6 heteroatoms. The van der Waals surface area contributed by atoms with E-state index in [-0.39, 0.29) is 0 Å². The molecule has 0 spiro atoms. The van der Waals surface area contributed by atoms with Crippen LogP contribution >= 0.6 is 27.5 Å². The molecule has 1 unspecified atom stereocenters. The summed E-state index contributed by atoms with van der Waals surface area (Å²) in [5, 5.41) is -0.520. The molecule has 0 amide bonds. The Morgan fingerprint density at radius 1 is 1.05 bits per heavy atom. The summed E-state index contributed by atoms with van der Waals surface area (Å²) in [6.45, 7) is 0. The van der Waals surface area contributed by atoms with Crippen LogP contribution in [0.1, 0.15) is 22.1 Å². The quantitative estimate of drug-likeness (QED) is 0.443. The first-order valence-electron chi connectivity index (χ1n) is 6.02. The molecular weight excluding hydrogens is 372 g/mol. The third kappa shape index (κ3) is 4.45. The van der Waals surface area contributed by atoms with Gasteiger partial charge in [-0.3, -0.25) is 0 Å². The van der Waals surface area contributed by atoms with Gasteiger partial charge in [0.05, 0.1) is 10.9 Å². The highest BCUT2D eigenvalue weighted by molar-refractivity contribution is 9.10. The molecule has 0 N–H and O–H groups in total. The van der Waals surface area contributed by atoms with Gasteiger partial charge in [-0.05, 0) is 47.9 Å². The van der Waals surface area contributed by atoms with Crippen LogP contribution in [-0.2, 0) is 12.6 Å². The number of rotatable bonds is 3. The van der Waals surface area contributed by atoms with Crippen molar-refractivity contribution in [2.75, 3.05) is 0 Å². The Labute approximate surface area is 132 Å². The minimum atomic E-state index is -4.35. The van der Waals surface area contributed by atoms with Crippen LogP contribution in [-0.4, -0.2) is 0 Å². The second-order valence-electron chi connectivity index (χ2n) is 4.57. The van der Waals surface area contributed by atoms with Crippen molar-refractivity contribution in [1.29, 1.82) is 0 Å². The number of hydrogen-bond donors (Lipinski definition) is 0. The van der Waals surface area contributed by atoms with E-state index in [0.717, 1.165) is 12.1 Å². The molecule has 112 valence electrons. The van der Waals surface area contributed by atoms with Crippen molar-refractivity contribution in [3.63, 3.8) is 0 Å². The van der Waals surface area contributed by atoms with Gasteiger partial charge in [-0.15, -0.1) is 11.6 Å². The van der Waals surface area contributed by atoms with Crippen LogP contribution in [0.2, 0.25) is 0 Å². The molecular formula is C15H10BrClF4. The number of hydrogen-bond acceptors (Lipinski definition) is 0. The van der Waals surface area contributed by atoms with E-state index in [9.17, 15) is 17.6 Å². The van der Waals surface area contributed by atoms with Gasteiger partial charge in [0.15, 0.2) is 0 Å². The van der Waals surface area contributed by atoms with Crippen molar-refractivity contribution in [1.82, 2.24) is 0 Å². The maximum Gasteiger partial charge on any atom is 0.416 e. The van der Waals surface area contributed by atoms with E-state index in [1.54, 1.807) is 6.07 Å². The fourth-order valence-corrected chi connectivity index (χ4v) is 2.70. The lowest BCUT2D eigenvalue weighted by molar-refractivity contribution is -0.137. The molecule has 21 heavy (non-hydrogen) atoms. The summed E-state index contributed by atoms with van der Waals surface area (Å²) in [5.74, 6) is -0.419. The third-order valence-electron chi connectivity index (χ3n) is 2.94. The molecule has 0 saturated carbocycles. The number of halogens is 6. The molecule has 0 heterocycles. The largest absolute Gasteiger partial charge is 0.416 e. The van der Waals surface area contributed by atoms with Gasteiger partial charge < -0.3 is 0 Å². The summed E-state index contributed by atoms with van der Waals surface area (Å²) in [7, 11) is 0. The highest BCUT2D eigenvalue weighted by Gasteiger charge is 2.30. The summed E-state index contributed by atoms with van der Waals surface area (Å²) in [6.07, 6.45) is -4.04. The fraction of sp³-hybridized carbons (Fsp3) is 0.200. The van der Waals surface area contributed by atoms with Crippen LogP contribution < -0.4 is 0 Å². The van der Waals surface area contributed by atoms with E-state index >= 15 is 0 Å². The number of alkyl halides is 4. The van der Waals surface area contributed by atoms with Crippen LogP contribution in [0.15, 0.2) is 46.9 Å². The first-order valence-corrected chi connectivity index (χ1v) is 7.25. The lowest BCUT2D eigenvalue weighted by Crippen LogP contribution is -2.05. The molecule has 0 aliphatic rings. The first-order chi connectivity index (χ1) is 9.75. The number of benzene rings is 2. The Balaban J connectivity index is 2.14. The van der Waals surface area contributed by atoms with Gasteiger partial charge in [-0.2, -0.15) is 13.2 Å². The standard InChI is InChI=1S/C15H10BrClF4/c16-12-6-10(7-13(18)8-12)14(17)5-9-1-3-11(4-2-9)15(19,20)21/h1-4,6-8,14H,5H2. The van der Waals surface area contributed by atoms with Crippen LogP contribution in [0.4, 0.5) is 17.6 Å². The second kappa shape index (κ2) is 6.36. The van der Waals surface area contributed by atoms with Crippen molar-refractivity contribution >= 4 is 27.5 Å². The van der Waals surface area contributed by atoms with E-state index < -0.39 is 22.9 Å². The molecule has 2 aromatic rings. The maximum atomic E-state index is 13.3. The zero-order chi connectivity index (χ0) is 15.6. The van der Waals surface area contributed by atoms with Gasteiger partial charge in [0.1, 0.15) is 5.82 Å². The lowest BCUT2D eigenvalue weighted by atomic mass is 10.0. The second-order valence-corrected chi connectivity index (χ2v) is 6.01. The van der Waals surface area contributed by atoms with Gasteiger partial charge >= 0.3 is 6.18 Å². The molecule has 0 bridgehead atoms. The summed E-state index contributed by atoms with van der Waals surface area (Å²) < 4.78 is 51.3. The van der Waals surface area contributed by atoms with Crippen molar-refractivity contribution in [3.05, 3.63) is 69.4 Å². The Hall–Kier alpha value is -1.07. The Morgan fingerprint density at radius 2 is 1.67 bits per heavy atom. The van der Waals surface area contributed by atoms with Crippen molar-refractivity contribution in [2.45, 2.75) is 18.0 Å². The molecule has 0 fully saturated rings. The zero-order valence-electron chi connectivity index (χ0n) is 10.6. The average molecular weight is 382 g/mol. The predicted molar refractivity (Wildman–Crippen MR) is 77.8 cm³/mol. The van der Waals surface area contributed by atoms with E-state index in [0.29, 0.717) is 22.0 Å². The van der Waals surface area contributed by atoms with Gasteiger partial charge in [0.2, 0.25) is 0 Å². The van der Waals surface area contributed by atoms with Crippen molar-refractivity contribution in [2.24, 2.45) is 0 Å². The summed E-state index contributed by atoms with van der Waals surface area (Å²) in [6, 6.07) is 9.10. The predicted octanol–water partition coefficient (Wildman–Crippen LogP) is 6.13. The molecule has 0 radical (unpaired) electrons. The lowest BCUT2D eigenvalue weighted by Gasteiger charge is -2.12. The Kier molecular flexibility index (Phi) is 4.94. The summed E-state index contributed by atoms with van der Waals surface area (Å²) in [5.41, 5.74) is 0.526. The van der Waals surface area contributed by atoms with Gasteiger partial charge in [-0.1, -0.05) is 28.1 Å². The maximum absolute atomic E-state index is 13.3. The highest BCUT2D eigenvalue weighted by Crippen LogP contribution is 2.31. The minimum Gasteiger partial charge on any atom is -0.207 e. The van der Waals surface area contributed by atoms with Gasteiger partial charge in [-0.25, -0.2) is 4.39 Å². The smallest absolute Gasteiger partial charge is 0.207 e. The van der Waals surface area contributed by atoms with Gasteiger partial charge in [0, 0.05) is 4.47 Å². The third-order valence-corrected chi connectivity index (χ3v) is 3.81. The first kappa shape index (κ1) is 16.3. The molecule has 0 aliphatic heterocycles. The van der Waals surface area contributed by atoms with Crippen LogP contribution in [0, 0.1) is 5.82 Å². The monoisotopic (exact) mass is 380 g/mol. The van der Waals surface area contributed by atoms with Crippen molar-refractivity contribution in [3.8, 4) is 0 Å². The minimum absolute atomic E-state index is 0.315. The summed E-state index contributed by atoms with van der Waals surface area (Å²) in [4.78, 5) is 0. The normalized spacial score (nSPS) is 13.2. The SMILES string of the molecule is Fc1cc(Br)cc(C(Cl)Cc2ccc(C(F)(F)F)cc2)c1. The van der Waals surface area contributed by atoms with Crippen LogP contribution in [0.3, 0.4) is 0 Å². The van der Waals surface area contributed by atoms with Crippen LogP contribution in [0.25, 0.3) is 0 Å². The van der Waals surface area contributed by atoms with E-state index in [1.807, 2.05) is 0 Å².